The smallest absolute Gasteiger partial charge is 0.233 e. The molecule has 1 aliphatic rings. The van der Waals surface area contributed by atoms with Crippen molar-refractivity contribution in [1.29, 1.82) is 0 Å². The van der Waals surface area contributed by atoms with Gasteiger partial charge in [-0.2, -0.15) is 0 Å². The Morgan fingerprint density at radius 2 is 2.07 bits per heavy atom. The van der Waals surface area contributed by atoms with Gasteiger partial charge < -0.3 is 5.11 Å². The molecular formula is C9H14ClNO3. The van der Waals surface area contributed by atoms with Crippen LogP contribution in [0.2, 0.25) is 0 Å². The van der Waals surface area contributed by atoms with Crippen LogP contribution < -0.4 is 0 Å². The van der Waals surface area contributed by atoms with Crippen molar-refractivity contribution in [2.75, 3.05) is 6.54 Å². The van der Waals surface area contributed by atoms with Gasteiger partial charge in [0.1, 0.15) is 6.10 Å². The van der Waals surface area contributed by atoms with Gasteiger partial charge in [0.25, 0.3) is 0 Å². The lowest BCUT2D eigenvalue weighted by Crippen LogP contribution is -2.22. The number of nitro groups is 1. The molecule has 0 aromatic heterocycles. The Morgan fingerprint density at radius 3 is 2.71 bits per heavy atom. The maximum absolute atomic E-state index is 10.2. The van der Waals surface area contributed by atoms with Crippen LogP contribution in [0.3, 0.4) is 0 Å². The Kier molecular flexibility index (Phi) is 4.35. The first-order valence-electron chi connectivity index (χ1n) is 4.78. The van der Waals surface area contributed by atoms with E-state index >= 15 is 0 Å². The highest BCUT2D eigenvalue weighted by molar-refractivity contribution is 6.30. The van der Waals surface area contributed by atoms with Gasteiger partial charge in [0.2, 0.25) is 6.54 Å². The Hall–Kier alpha value is -0.610. The number of nitrogens with zero attached hydrogens (tertiary/aromatic N) is 1. The highest BCUT2D eigenvalue weighted by atomic mass is 35.5. The number of hydrogen-bond donors (Lipinski definition) is 1. The highest BCUT2D eigenvalue weighted by Gasteiger charge is 2.21. The Labute approximate surface area is 87.7 Å². The predicted octanol–water partition coefficient (Wildman–Crippen LogP) is 2.08. The lowest BCUT2D eigenvalue weighted by atomic mass is 10.0. The summed E-state index contributed by atoms with van der Waals surface area (Å²) in [7, 11) is 0. The molecule has 0 bridgehead atoms. The molecule has 0 heterocycles. The zero-order valence-electron chi connectivity index (χ0n) is 7.91. The van der Waals surface area contributed by atoms with E-state index in [0.29, 0.717) is 17.0 Å². The molecule has 14 heavy (non-hydrogen) atoms. The first kappa shape index (κ1) is 11.5. The van der Waals surface area contributed by atoms with E-state index < -0.39 is 17.6 Å². The lowest BCUT2D eigenvalue weighted by molar-refractivity contribution is -0.488. The van der Waals surface area contributed by atoms with Gasteiger partial charge in [0, 0.05) is 9.96 Å². The summed E-state index contributed by atoms with van der Waals surface area (Å²) in [5.74, 6) is 0. The van der Waals surface area contributed by atoms with E-state index in [2.05, 4.69) is 0 Å². The fraction of sp³-hybridized carbons (Fsp3) is 0.778. The summed E-state index contributed by atoms with van der Waals surface area (Å²) >= 11 is 5.96. The van der Waals surface area contributed by atoms with Crippen LogP contribution in [-0.2, 0) is 0 Å². The first-order chi connectivity index (χ1) is 6.61. The SMILES string of the molecule is O=[N+]([O-])C[C@@H](O)C1=C(Cl)CCCCC1. The average Bonchev–Trinajstić information content (AvgIpc) is 2.28. The van der Waals surface area contributed by atoms with Gasteiger partial charge >= 0.3 is 0 Å². The molecule has 0 saturated heterocycles. The summed E-state index contributed by atoms with van der Waals surface area (Å²) in [6.07, 6.45) is 3.47. The monoisotopic (exact) mass is 219 g/mol. The molecule has 0 spiro atoms. The van der Waals surface area contributed by atoms with Crippen molar-refractivity contribution < 1.29 is 10.0 Å². The number of rotatable bonds is 3. The fourth-order valence-electron chi connectivity index (χ4n) is 1.67. The number of aliphatic hydroxyl groups is 1. The number of aliphatic hydroxyl groups excluding tert-OH is 1. The van der Waals surface area contributed by atoms with Crippen LogP contribution in [0.1, 0.15) is 32.1 Å². The standard InChI is InChI=1S/C9H14ClNO3/c10-8-5-3-1-2-4-7(8)9(12)6-11(13)14/h9,12H,1-6H2/t9-/m1/s1. The van der Waals surface area contributed by atoms with Crippen LogP contribution in [0, 0.1) is 10.1 Å². The number of hydrogen-bond acceptors (Lipinski definition) is 3. The third-order valence-corrected chi connectivity index (χ3v) is 2.85. The van der Waals surface area contributed by atoms with Crippen LogP contribution in [-0.4, -0.2) is 22.7 Å². The molecule has 0 aromatic carbocycles. The molecule has 0 radical (unpaired) electrons. The topological polar surface area (TPSA) is 63.4 Å². The van der Waals surface area contributed by atoms with Crippen molar-refractivity contribution >= 4 is 11.6 Å². The number of allylic oxidation sites excluding steroid dienone is 1. The quantitative estimate of drug-likeness (QED) is 0.584. The zero-order valence-corrected chi connectivity index (χ0v) is 8.66. The molecule has 0 fully saturated rings. The highest BCUT2D eigenvalue weighted by Crippen LogP contribution is 2.28. The van der Waals surface area contributed by atoms with Gasteiger partial charge in [0.15, 0.2) is 0 Å². The van der Waals surface area contributed by atoms with Gasteiger partial charge in [-0.25, -0.2) is 0 Å². The second-order valence-corrected chi connectivity index (χ2v) is 3.98. The number of halogens is 1. The lowest BCUT2D eigenvalue weighted by Gasteiger charge is -2.11. The minimum atomic E-state index is -1.00. The maximum atomic E-state index is 10.2. The molecule has 1 atom stereocenters. The zero-order chi connectivity index (χ0) is 10.6. The van der Waals surface area contributed by atoms with Crippen molar-refractivity contribution in [3.63, 3.8) is 0 Å². The molecule has 0 unspecified atom stereocenters. The van der Waals surface area contributed by atoms with Crippen LogP contribution in [0.25, 0.3) is 0 Å². The molecule has 0 saturated carbocycles. The third kappa shape index (κ3) is 3.27. The first-order valence-corrected chi connectivity index (χ1v) is 5.16. The van der Waals surface area contributed by atoms with Gasteiger partial charge in [-0.3, -0.25) is 10.1 Å². The summed E-state index contributed by atoms with van der Waals surface area (Å²) in [5.41, 5.74) is 0.667. The summed E-state index contributed by atoms with van der Waals surface area (Å²) in [4.78, 5) is 9.72. The molecule has 1 rings (SSSR count). The van der Waals surface area contributed by atoms with Crippen LogP contribution in [0.5, 0.6) is 0 Å². The molecule has 0 aliphatic heterocycles. The molecule has 4 nitrogen and oxygen atoms in total. The van der Waals surface area contributed by atoms with E-state index in [9.17, 15) is 15.2 Å². The van der Waals surface area contributed by atoms with Crippen LogP contribution >= 0.6 is 11.6 Å². The maximum Gasteiger partial charge on any atom is 0.233 e. The fourth-order valence-corrected chi connectivity index (χ4v) is 2.02. The van der Waals surface area contributed by atoms with E-state index in [1.165, 1.54) is 0 Å². The van der Waals surface area contributed by atoms with Gasteiger partial charge in [0.05, 0.1) is 0 Å². The molecule has 0 aromatic rings. The van der Waals surface area contributed by atoms with Crippen molar-refractivity contribution in [2.45, 2.75) is 38.2 Å². The van der Waals surface area contributed by atoms with Crippen molar-refractivity contribution in [3.8, 4) is 0 Å². The minimum absolute atomic E-state index is 0.439. The molecule has 5 heteroatoms. The third-order valence-electron chi connectivity index (χ3n) is 2.42. The Bertz CT molecular complexity index is 252. The van der Waals surface area contributed by atoms with E-state index in [1.807, 2.05) is 0 Å². The summed E-state index contributed by atoms with van der Waals surface area (Å²) in [5, 5.41) is 20.4. The average molecular weight is 220 g/mol. The Balaban J connectivity index is 2.66. The molecular weight excluding hydrogens is 206 g/mol. The molecule has 80 valence electrons. The molecule has 0 amide bonds. The van der Waals surface area contributed by atoms with Gasteiger partial charge in [-0.05, 0) is 31.3 Å². The second-order valence-electron chi connectivity index (χ2n) is 3.52. The summed E-state index contributed by atoms with van der Waals surface area (Å²) in [6.45, 7) is -0.439. The molecule has 1 N–H and O–H groups in total. The van der Waals surface area contributed by atoms with Crippen molar-refractivity contribution in [3.05, 3.63) is 20.7 Å². The molecule has 1 aliphatic carbocycles. The summed E-state index contributed by atoms with van der Waals surface area (Å²) in [6, 6.07) is 0. The largest absolute Gasteiger partial charge is 0.382 e. The normalized spacial score (nSPS) is 20.4. The van der Waals surface area contributed by atoms with E-state index in [1.54, 1.807) is 0 Å². The van der Waals surface area contributed by atoms with Crippen molar-refractivity contribution in [1.82, 2.24) is 0 Å². The minimum Gasteiger partial charge on any atom is -0.382 e. The van der Waals surface area contributed by atoms with Gasteiger partial charge in [-0.15, -0.1) is 0 Å². The van der Waals surface area contributed by atoms with E-state index in [4.69, 9.17) is 11.6 Å². The van der Waals surface area contributed by atoms with Crippen molar-refractivity contribution in [2.24, 2.45) is 0 Å². The second kappa shape index (κ2) is 5.32. The summed E-state index contributed by atoms with van der Waals surface area (Å²) < 4.78 is 0. The van der Waals surface area contributed by atoms with E-state index in [0.717, 1.165) is 25.7 Å². The predicted molar refractivity (Wildman–Crippen MR) is 53.8 cm³/mol. The van der Waals surface area contributed by atoms with E-state index in [-0.39, 0.29) is 0 Å². The van der Waals surface area contributed by atoms with Gasteiger partial charge in [-0.1, -0.05) is 18.0 Å². The van der Waals surface area contributed by atoms with Crippen LogP contribution in [0.4, 0.5) is 0 Å². The Morgan fingerprint density at radius 1 is 1.43 bits per heavy atom. The van der Waals surface area contributed by atoms with Crippen LogP contribution in [0.15, 0.2) is 10.6 Å².